The van der Waals surface area contributed by atoms with Crippen LogP contribution in [-0.2, 0) is 17.8 Å². The third-order valence-corrected chi connectivity index (χ3v) is 5.81. The molecule has 5 nitrogen and oxygen atoms in total. The van der Waals surface area contributed by atoms with Crippen molar-refractivity contribution in [1.29, 1.82) is 0 Å². The summed E-state index contributed by atoms with van der Waals surface area (Å²) < 4.78 is 11.4. The molecule has 1 amide bonds. The van der Waals surface area contributed by atoms with E-state index in [4.69, 9.17) is 21.7 Å². The number of nitrogens with zero attached hydrogens (tertiary/aromatic N) is 1. The maximum atomic E-state index is 13.2. The number of ether oxygens (including phenoxy) is 2. The number of thiocarbonyl (C=S) groups is 1. The van der Waals surface area contributed by atoms with Crippen LogP contribution in [0.15, 0.2) is 72.4 Å². The van der Waals surface area contributed by atoms with Gasteiger partial charge in [-0.2, -0.15) is 0 Å². The Bertz CT molecular complexity index is 1220. The molecular formula is C27H26N2O3S. The van der Waals surface area contributed by atoms with E-state index in [1.165, 1.54) is 5.56 Å². The van der Waals surface area contributed by atoms with Gasteiger partial charge in [0.15, 0.2) is 5.11 Å². The first kappa shape index (κ1) is 22.6. The molecule has 4 rings (SSSR count). The van der Waals surface area contributed by atoms with Crippen LogP contribution < -0.4 is 19.7 Å². The Kier molecular flexibility index (Phi) is 6.75. The lowest BCUT2D eigenvalue weighted by atomic mass is 10.1. The van der Waals surface area contributed by atoms with E-state index in [0.717, 1.165) is 40.3 Å². The molecule has 0 aliphatic carbocycles. The van der Waals surface area contributed by atoms with Crippen molar-refractivity contribution in [1.82, 2.24) is 5.32 Å². The van der Waals surface area contributed by atoms with Crippen molar-refractivity contribution in [3.05, 3.63) is 94.7 Å². The number of para-hydroxylation sites is 1. The molecule has 0 spiro atoms. The molecule has 0 bridgehead atoms. The van der Waals surface area contributed by atoms with Gasteiger partial charge in [0.1, 0.15) is 23.8 Å². The zero-order valence-electron chi connectivity index (χ0n) is 18.9. The molecule has 0 unspecified atom stereocenters. The second-order valence-electron chi connectivity index (χ2n) is 7.78. The van der Waals surface area contributed by atoms with Gasteiger partial charge >= 0.3 is 0 Å². The van der Waals surface area contributed by atoms with Gasteiger partial charge in [-0.05, 0) is 73.1 Å². The van der Waals surface area contributed by atoms with E-state index < -0.39 is 0 Å². The van der Waals surface area contributed by atoms with Gasteiger partial charge in [-0.15, -0.1) is 0 Å². The molecule has 1 fully saturated rings. The van der Waals surface area contributed by atoms with Crippen LogP contribution in [0.3, 0.4) is 0 Å². The van der Waals surface area contributed by atoms with E-state index in [2.05, 4.69) is 12.2 Å². The lowest BCUT2D eigenvalue weighted by Gasteiger charge is -2.17. The molecule has 33 heavy (non-hydrogen) atoms. The van der Waals surface area contributed by atoms with E-state index in [1.807, 2.05) is 73.7 Å². The Morgan fingerprint density at radius 3 is 2.52 bits per heavy atom. The van der Waals surface area contributed by atoms with Crippen molar-refractivity contribution in [2.24, 2.45) is 0 Å². The first-order chi connectivity index (χ1) is 16.0. The minimum absolute atomic E-state index is 0.172. The molecule has 0 radical (unpaired) electrons. The van der Waals surface area contributed by atoms with Crippen LogP contribution in [0.2, 0.25) is 0 Å². The van der Waals surface area contributed by atoms with E-state index >= 15 is 0 Å². The third-order valence-electron chi connectivity index (χ3n) is 5.52. The highest BCUT2D eigenvalue weighted by atomic mass is 32.1. The summed E-state index contributed by atoms with van der Waals surface area (Å²) >= 11 is 5.48. The molecule has 1 aliphatic heterocycles. The third kappa shape index (κ3) is 4.91. The molecule has 1 saturated heterocycles. The van der Waals surface area contributed by atoms with Gasteiger partial charge in [0, 0.05) is 5.56 Å². The van der Waals surface area contributed by atoms with Gasteiger partial charge in [-0.3, -0.25) is 9.69 Å². The average molecular weight is 459 g/mol. The molecule has 0 saturated carbocycles. The maximum absolute atomic E-state index is 13.2. The van der Waals surface area contributed by atoms with Gasteiger partial charge < -0.3 is 14.8 Å². The van der Waals surface area contributed by atoms with Gasteiger partial charge in [0.05, 0.1) is 12.8 Å². The molecule has 6 heteroatoms. The minimum atomic E-state index is -0.172. The summed E-state index contributed by atoms with van der Waals surface area (Å²) in [6.07, 6.45) is 2.61. The normalized spacial score (nSPS) is 14.5. The Labute approximate surface area is 199 Å². The van der Waals surface area contributed by atoms with Crippen molar-refractivity contribution in [3.63, 3.8) is 0 Å². The second-order valence-corrected chi connectivity index (χ2v) is 8.17. The molecular weight excluding hydrogens is 432 g/mol. The fourth-order valence-corrected chi connectivity index (χ4v) is 4.04. The van der Waals surface area contributed by atoms with E-state index in [1.54, 1.807) is 18.1 Å². The van der Waals surface area contributed by atoms with Crippen LogP contribution in [0.5, 0.6) is 11.5 Å². The predicted molar refractivity (Wildman–Crippen MR) is 136 cm³/mol. The number of rotatable bonds is 7. The largest absolute Gasteiger partial charge is 0.496 e. The number of amides is 1. The van der Waals surface area contributed by atoms with E-state index in [-0.39, 0.29) is 5.91 Å². The summed E-state index contributed by atoms with van der Waals surface area (Å²) in [6, 6.07) is 21.5. The molecule has 3 aromatic rings. The van der Waals surface area contributed by atoms with Crippen molar-refractivity contribution in [3.8, 4) is 11.5 Å². The monoisotopic (exact) mass is 458 g/mol. The summed E-state index contributed by atoms with van der Waals surface area (Å²) in [5.74, 6) is 1.34. The van der Waals surface area contributed by atoms with Crippen LogP contribution in [0.4, 0.5) is 5.69 Å². The number of methoxy groups -OCH3 is 1. The lowest BCUT2D eigenvalue weighted by molar-refractivity contribution is -0.113. The number of carbonyl (C=O) groups excluding carboxylic acids is 1. The first-order valence-electron chi connectivity index (χ1n) is 10.8. The Hall–Kier alpha value is -3.64. The van der Waals surface area contributed by atoms with Gasteiger partial charge in [-0.25, -0.2) is 0 Å². The highest BCUT2D eigenvalue weighted by molar-refractivity contribution is 7.80. The smallest absolute Gasteiger partial charge is 0.281 e. The summed E-state index contributed by atoms with van der Waals surface area (Å²) in [5, 5.41) is 3.45. The highest BCUT2D eigenvalue weighted by Gasteiger charge is 2.32. The van der Waals surface area contributed by atoms with Crippen LogP contribution in [0.1, 0.15) is 29.2 Å². The first-order valence-corrected chi connectivity index (χ1v) is 11.2. The van der Waals surface area contributed by atoms with Crippen LogP contribution >= 0.6 is 12.2 Å². The summed E-state index contributed by atoms with van der Waals surface area (Å²) in [7, 11) is 1.63. The predicted octanol–water partition coefficient (Wildman–Crippen LogP) is 5.41. The number of hydrogen-bond donors (Lipinski definition) is 1. The van der Waals surface area contributed by atoms with Crippen molar-refractivity contribution < 1.29 is 14.3 Å². The molecule has 3 aromatic carbocycles. The van der Waals surface area contributed by atoms with E-state index in [0.29, 0.717) is 17.4 Å². The number of anilines is 1. The second kappa shape index (κ2) is 9.88. The Morgan fingerprint density at radius 1 is 1.03 bits per heavy atom. The molecule has 1 aliphatic rings. The molecule has 168 valence electrons. The maximum Gasteiger partial charge on any atom is 0.281 e. The van der Waals surface area contributed by atoms with Crippen molar-refractivity contribution in [2.75, 3.05) is 12.0 Å². The van der Waals surface area contributed by atoms with Gasteiger partial charge in [-0.1, -0.05) is 48.9 Å². The van der Waals surface area contributed by atoms with Crippen molar-refractivity contribution >= 4 is 35.0 Å². The zero-order chi connectivity index (χ0) is 23.4. The Morgan fingerprint density at radius 2 is 1.79 bits per heavy atom. The Balaban J connectivity index is 1.58. The van der Waals surface area contributed by atoms with Crippen molar-refractivity contribution in [2.45, 2.75) is 26.9 Å². The average Bonchev–Trinajstić information content (AvgIpc) is 3.11. The number of benzene rings is 3. The van der Waals surface area contributed by atoms with Crippen LogP contribution in [0.25, 0.3) is 6.08 Å². The quantitative estimate of drug-likeness (QED) is 0.379. The standard InChI is InChI=1S/C27H26N2O3S/c1-4-20-7-5-6-8-24(20)29-26(30)23(28-27(29)33)16-19-11-14-25(31-3)21(15-19)17-32-22-12-9-18(2)10-13-22/h5-16H,4,17H2,1-3H3,(H,28,33)/b23-16+. The number of hydrogen-bond acceptors (Lipinski definition) is 4. The topological polar surface area (TPSA) is 50.8 Å². The van der Waals surface area contributed by atoms with E-state index in [9.17, 15) is 4.79 Å². The number of aryl methyl sites for hydroxylation is 2. The summed E-state index contributed by atoms with van der Waals surface area (Å²) in [4.78, 5) is 14.8. The summed E-state index contributed by atoms with van der Waals surface area (Å²) in [5.41, 5.74) is 5.22. The van der Waals surface area contributed by atoms with Gasteiger partial charge in [0.25, 0.3) is 5.91 Å². The molecule has 1 N–H and O–H groups in total. The highest BCUT2D eigenvalue weighted by Crippen LogP contribution is 2.28. The molecule has 0 atom stereocenters. The van der Waals surface area contributed by atoms with Gasteiger partial charge in [0.2, 0.25) is 0 Å². The number of carbonyl (C=O) groups is 1. The van der Waals surface area contributed by atoms with Crippen LogP contribution in [0, 0.1) is 6.92 Å². The SMILES string of the molecule is CCc1ccccc1N1C(=O)/C(=C\c2ccc(OC)c(COc3ccc(C)cc3)c2)NC1=S. The number of nitrogens with one attached hydrogen (secondary N) is 1. The molecule has 0 aromatic heterocycles. The lowest BCUT2D eigenvalue weighted by Crippen LogP contribution is -2.31. The summed E-state index contributed by atoms with van der Waals surface area (Å²) in [6.45, 7) is 4.44. The fraction of sp³-hybridized carbons (Fsp3) is 0.185. The molecule has 1 heterocycles. The van der Waals surface area contributed by atoms with Crippen LogP contribution in [-0.4, -0.2) is 18.1 Å². The minimum Gasteiger partial charge on any atom is -0.496 e. The zero-order valence-corrected chi connectivity index (χ0v) is 19.7. The fourth-order valence-electron chi connectivity index (χ4n) is 3.75.